The third kappa shape index (κ3) is 2.90. The van der Waals surface area contributed by atoms with E-state index in [9.17, 15) is 18.4 Å². The van der Waals surface area contributed by atoms with Crippen LogP contribution >= 0.6 is 0 Å². The van der Waals surface area contributed by atoms with Crippen LogP contribution < -0.4 is 5.73 Å². The van der Waals surface area contributed by atoms with E-state index >= 15 is 0 Å². The first kappa shape index (κ1) is 18.5. The van der Waals surface area contributed by atoms with E-state index < -0.39 is 35.6 Å². The third-order valence-corrected chi connectivity index (χ3v) is 5.11. The standard InChI is InChI=1S/C15H20F2N4O5/c1-8(6-18)25-11(19-2)9-5-14(3-4-14)10-7-20(9)13(24)21(10)26-15(16,17)12(22)23/h9-10H,1,3-7,18H2,2H3,(H,22,23)/b19-11-/t9-,10+/m0/s1. The number of nitrogens with zero attached hydrogens (tertiary/aromatic N) is 3. The molecule has 3 aliphatic rings. The van der Waals surface area contributed by atoms with Gasteiger partial charge in [0.25, 0.3) is 0 Å². The number of aliphatic carboxylic acids is 1. The molecule has 26 heavy (non-hydrogen) atoms. The van der Waals surface area contributed by atoms with E-state index in [1.54, 1.807) is 0 Å². The summed E-state index contributed by atoms with van der Waals surface area (Å²) in [5.41, 5.74) is 5.04. The molecule has 3 N–H and O–H groups in total. The quantitative estimate of drug-likeness (QED) is 0.403. The van der Waals surface area contributed by atoms with E-state index in [4.69, 9.17) is 15.6 Å². The molecular formula is C15H20F2N4O5. The number of amides is 2. The fraction of sp³-hybridized carbons (Fsp3) is 0.667. The Morgan fingerprint density at radius 2 is 2.19 bits per heavy atom. The van der Waals surface area contributed by atoms with Gasteiger partial charge in [0.05, 0.1) is 12.6 Å². The summed E-state index contributed by atoms with van der Waals surface area (Å²) in [6.45, 7) is 3.82. The van der Waals surface area contributed by atoms with Crippen molar-refractivity contribution in [3.63, 3.8) is 0 Å². The first-order valence-electron chi connectivity index (χ1n) is 8.08. The highest BCUT2D eigenvalue weighted by Gasteiger charge is 2.65. The molecule has 2 aliphatic heterocycles. The van der Waals surface area contributed by atoms with E-state index in [0.29, 0.717) is 24.3 Å². The average Bonchev–Trinajstić information content (AvgIpc) is 3.30. The van der Waals surface area contributed by atoms with Crippen molar-refractivity contribution in [2.75, 3.05) is 20.1 Å². The molecular weight excluding hydrogens is 354 g/mol. The van der Waals surface area contributed by atoms with Gasteiger partial charge in [-0.25, -0.2) is 9.59 Å². The number of nitrogens with two attached hydrogens (primary N) is 1. The first-order chi connectivity index (χ1) is 12.1. The molecule has 9 nitrogen and oxygen atoms in total. The van der Waals surface area contributed by atoms with Crippen molar-refractivity contribution in [3.8, 4) is 0 Å². The van der Waals surface area contributed by atoms with E-state index in [1.165, 1.54) is 11.9 Å². The van der Waals surface area contributed by atoms with E-state index in [-0.39, 0.29) is 24.7 Å². The van der Waals surface area contributed by atoms with Crippen molar-refractivity contribution < 1.29 is 33.1 Å². The lowest BCUT2D eigenvalue weighted by Crippen LogP contribution is -2.50. The van der Waals surface area contributed by atoms with Crippen LogP contribution in [0.25, 0.3) is 0 Å². The second-order valence-electron chi connectivity index (χ2n) is 6.68. The van der Waals surface area contributed by atoms with Crippen molar-refractivity contribution in [1.82, 2.24) is 9.96 Å². The molecule has 2 bridgehead atoms. The van der Waals surface area contributed by atoms with Gasteiger partial charge in [0.15, 0.2) is 0 Å². The predicted molar refractivity (Wildman–Crippen MR) is 84.1 cm³/mol. The number of carboxylic acids is 1. The minimum atomic E-state index is -4.49. The summed E-state index contributed by atoms with van der Waals surface area (Å²) in [7, 11) is 1.48. The maximum atomic E-state index is 13.5. The summed E-state index contributed by atoms with van der Waals surface area (Å²) in [4.78, 5) is 33.0. The summed E-state index contributed by atoms with van der Waals surface area (Å²) >= 11 is 0. The predicted octanol–water partition coefficient (Wildman–Crippen LogP) is 0.771. The van der Waals surface area contributed by atoms with Gasteiger partial charge in [-0.2, -0.15) is 18.7 Å². The van der Waals surface area contributed by atoms with Gasteiger partial charge in [0, 0.05) is 13.6 Å². The van der Waals surface area contributed by atoms with Gasteiger partial charge in [0.2, 0.25) is 5.90 Å². The molecule has 0 aromatic heterocycles. The molecule has 144 valence electrons. The minimum Gasteiger partial charge on any atom is -0.475 e. The Labute approximate surface area is 148 Å². The maximum absolute atomic E-state index is 13.5. The van der Waals surface area contributed by atoms with Gasteiger partial charge >= 0.3 is 18.1 Å². The Bertz CT molecular complexity index is 679. The van der Waals surface area contributed by atoms with Crippen LogP contribution in [0.1, 0.15) is 19.3 Å². The number of carbonyl (C=O) groups excluding carboxylic acids is 1. The second kappa shape index (κ2) is 6.16. The largest absolute Gasteiger partial charge is 0.476 e. The maximum Gasteiger partial charge on any atom is 0.476 e. The number of ether oxygens (including phenoxy) is 1. The van der Waals surface area contributed by atoms with E-state index in [1.807, 2.05) is 0 Å². The first-order valence-corrected chi connectivity index (χ1v) is 8.08. The molecule has 1 saturated carbocycles. The normalized spacial score (nSPS) is 27.1. The summed E-state index contributed by atoms with van der Waals surface area (Å²) in [6, 6.07) is -2.07. The smallest absolute Gasteiger partial charge is 0.475 e. The minimum absolute atomic E-state index is 0.0630. The molecule has 0 aromatic carbocycles. The van der Waals surface area contributed by atoms with Crippen molar-refractivity contribution in [3.05, 3.63) is 12.3 Å². The number of fused-ring (bicyclic) bond motifs is 3. The number of carbonyl (C=O) groups is 2. The highest BCUT2D eigenvalue weighted by atomic mass is 19.3. The number of aliphatic imine (C=N–C) groups is 1. The number of carboxylic acid groups (broad SMARTS) is 1. The summed E-state index contributed by atoms with van der Waals surface area (Å²) in [6.07, 6.45) is -2.62. The monoisotopic (exact) mass is 374 g/mol. The molecule has 0 aromatic rings. The molecule has 0 unspecified atom stereocenters. The second-order valence-corrected chi connectivity index (χ2v) is 6.68. The van der Waals surface area contributed by atoms with Crippen LogP contribution in [0.4, 0.5) is 13.6 Å². The molecule has 1 aliphatic carbocycles. The molecule has 3 rings (SSSR count). The highest BCUT2D eigenvalue weighted by Crippen LogP contribution is 2.59. The van der Waals surface area contributed by atoms with Crippen LogP contribution in [0.2, 0.25) is 0 Å². The van der Waals surface area contributed by atoms with Crippen LogP contribution in [0.5, 0.6) is 0 Å². The lowest BCUT2D eigenvalue weighted by atomic mass is 9.85. The Morgan fingerprint density at radius 1 is 1.54 bits per heavy atom. The number of rotatable bonds is 6. The van der Waals surface area contributed by atoms with Crippen LogP contribution in [0.15, 0.2) is 17.3 Å². The molecule has 2 amide bonds. The van der Waals surface area contributed by atoms with Crippen molar-refractivity contribution in [1.29, 1.82) is 0 Å². The van der Waals surface area contributed by atoms with Gasteiger partial charge in [0.1, 0.15) is 11.8 Å². The van der Waals surface area contributed by atoms with Crippen LogP contribution in [0, 0.1) is 5.41 Å². The Kier molecular flexibility index (Phi) is 4.39. The number of piperidine rings is 1. The number of halogens is 2. The lowest BCUT2D eigenvalue weighted by Gasteiger charge is -2.36. The zero-order valence-electron chi connectivity index (χ0n) is 14.2. The fourth-order valence-corrected chi connectivity index (χ4v) is 3.57. The Balaban J connectivity index is 1.86. The lowest BCUT2D eigenvalue weighted by molar-refractivity contribution is -0.330. The van der Waals surface area contributed by atoms with Gasteiger partial charge in [-0.3, -0.25) is 4.99 Å². The van der Waals surface area contributed by atoms with E-state index in [0.717, 1.165) is 0 Å². The SMILES string of the molecule is C=C(CN)O/C(=N\C)[C@@H]1CC2(CC2)[C@H]2CN1C(=O)N2OC(F)(F)C(=O)O. The molecule has 1 spiro atoms. The Hall–Kier alpha value is -2.27. The summed E-state index contributed by atoms with van der Waals surface area (Å²) < 4.78 is 32.6. The van der Waals surface area contributed by atoms with Crippen molar-refractivity contribution in [2.24, 2.45) is 16.1 Å². The topological polar surface area (TPSA) is 118 Å². The number of hydroxylamine groups is 2. The molecule has 2 saturated heterocycles. The zero-order chi connectivity index (χ0) is 19.3. The van der Waals surface area contributed by atoms with Gasteiger partial charge in [-0.05, 0) is 24.7 Å². The van der Waals surface area contributed by atoms with Crippen molar-refractivity contribution >= 4 is 17.9 Å². The van der Waals surface area contributed by atoms with Gasteiger partial charge in [-0.15, -0.1) is 0 Å². The molecule has 2 heterocycles. The zero-order valence-corrected chi connectivity index (χ0v) is 14.2. The highest BCUT2D eigenvalue weighted by molar-refractivity contribution is 5.89. The fourth-order valence-electron chi connectivity index (χ4n) is 3.57. The molecule has 11 heteroatoms. The number of hydrogen-bond donors (Lipinski definition) is 2. The van der Waals surface area contributed by atoms with Crippen LogP contribution in [-0.2, 0) is 14.4 Å². The number of hydrogen-bond acceptors (Lipinski definition) is 6. The van der Waals surface area contributed by atoms with Crippen LogP contribution in [-0.4, -0.2) is 71.3 Å². The molecule has 3 fully saturated rings. The molecule has 0 radical (unpaired) electrons. The third-order valence-electron chi connectivity index (χ3n) is 5.11. The van der Waals surface area contributed by atoms with Crippen molar-refractivity contribution in [2.45, 2.75) is 37.5 Å². The number of urea groups is 1. The Morgan fingerprint density at radius 3 is 2.69 bits per heavy atom. The van der Waals surface area contributed by atoms with Gasteiger partial charge in [-0.1, -0.05) is 6.58 Å². The average molecular weight is 374 g/mol. The van der Waals surface area contributed by atoms with Crippen LogP contribution in [0.3, 0.4) is 0 Å². The molecule has 2 atom stereocenters. The van der Waals surface area contributed by atoms with E-state index in [2.05, 4.69) is 16.4 Å². The number of alkyl halides is 2. The summed E-state index contributed by atoms with van der Waals surface area (Å²) in [5.74, 6) is -1.98. The van der Waals surface area contributed by atoms with Gasteiger partial charge < -0.3 is 20.5 Å². The summed E-state index contributed by atoms with van der Waals surface area (Å²) in [5, 5.41) is 9.10.